The van der Waals surface area contributed by atoms with Gasteiger partial charge in [-0.15, -0.1) is 0 Å². The molecule has 0 aromatic heterocycles. The van der Waals surface area contributed by atoms with Crippen molar-refractivity contribution < 1.29 is 13.2 Å². The molecule has 0 spiro atoms. The molecule has 21 heavy (non-hydrogen) atoms. The van der Waals surface area contributed by atoms with Crippen molar-refractivity contribution in [1.29, 1.82) is 5.26 Å². The molecular weight excluding hydrogens is 290 g/mol. The Balaban J connectivity index is 2.14. The first-order valence-electron chi connectivity index (χ1n) is 6.69. The third-order valence-corrected chi connectivity index (χ3v) is 5.29. The molecular formula is C14H17N3O3S. The van der Waals surface area contributed by atoms with Crippen LogP contribution in [-0.4, -0.2) is 50.2 Å². The molecule has 0 radical (unpaired) electrons. The molecule has 1 aliphatic heterocycles. The van der Waals surface area contributed by atoms with Gasteiger partial charge in [0.2, 0.25) is 15.9 Å². The topological polar surface area (TPSA) is 81.5 Å². The second-order valence-corrected chi connectivity index (χ2v) is 7.03. The lowest BCUT2D eigenvalue weighted by molar-refractivity contribution is -0.130. The molecule has 1 heterocycles. The Morgan fingerprint density at radius 1 is 1.38 bits per heavy atom. The van der Waals surface area contributed by atoms with Crippen LogP contribution in [0.1, 0.15) is 18.4 Å². The molecule has 1 fully saturated rings. The van der Waals surface area contributed by atoms with Crippen molar-refractivity contribution in [1.82, 2.24) is 9.21 Å². The Kier molecular flexibility index (Phi) is 4.60. The van der Waals surface area contributed by atoms with Crippen LogP contribution in [0.15, 0.2) is 29.2 Å². The summed E-state index contributed by atoms with van der Waals surface area (Å²) in [5.41, 5.74) is 0.273. The summed E-state index contributed by atoms with van der Waals surface area (Å²) in [5.74, 6) is -0.185. The van der Waals surface area contributed by atoms with E-state index >= 15 is 0 Å². The van der Waals surface area contributed by atoms with Gasteiger partial charge in [0, 0.05) is 20.1 Å². The molecule has 0 saturated carbocycles. The molecule has 1 aromatic rings. The summed E-state index contributed by atoms with van der Waals surface area (Å²) < 4.78 is 25.8. The fourth-order valence-corrected chi connectivity index (χ4v) is 3.41. The van der Waals surface area contributed by atoms with Crippen molar-refractivity contribution in [2.45, 2.75) is 17.7 Å². The van der Waals surface area contributed by atoms with Crippen LogP contribution in [0.25, 0.3) is 0 Å². The van der Waals surface area contributed by atoms with Gasteiger partial charge in [-0.25, -0.2) is 8.42 Å². The standard InChI is InChI=1S/C14H17N3O3S/c1-16(11-14(18)17-7-2-3-8-17)21(19,20)13-6-4-5-12(9-13)10-15/h4-6,9H,2-3,7-8,11H2,1H3. The number of rotatable bonds is 4. The highest BCUT2D eigenvalue weighted by molar-refractivity contribution is 7.89. The van der Waals surface area contributed by atoms with Gasteiger partial charge in [-0.05, 0) is 31.0 Å². The van der Waals surface area contributed by atoms with E-state index in [0.29, 0.717) is 13.1 Å². The number of benzene rings is 1. The first-order valence-corrected chi connectivity index (χ1v) is 8.13. The van der Waals surface area contributed by atoms with Crippen LogP contribution < -0.4 is 0 Å². The first-order chi connectivity index (χ1) is 9.95. The fraction of sp³-hybridized carbons (Fsp3) is 0.429. The zero-order chi connectivity index (χ0) is 15.5. The van der Waals surface area contributed by atoms with Gasteiger partial charge in [0.25, 0.3) is 0 Å². The van der Waals surface area contributed by atoms with Crippen molar-refractivity contribution in [2.24, 2.45) is 0 Å². The fourth-order valence-electron chi connectivity index (χ4n) is 2.25. The minimum absolute atomic E-state index is 0.0262. The van der Waals surface area contributed by atoms with Gasteiger partial charge in [-0.2, -0.15) is 9.57 Å². The average Bonchev–Trinajstić information content (AvgIpc) is 3.01. The van der Waals surface area contributed by atoms with E-state index in [-0.39, 0.29) is 22.9 Å². The molecule has 0 N–H and O–H groups in total. The maximum absolute atomic E-state index is 12.4. The lowest BCUT2D eigenvalue weighted by atomic mass is 10.2. The molecule has 6 nitrogen and oxygen atoms in total. The monoisotopic (exact) mass is 307 g/mol. The van der Waals surface area contributed by atoms with Crippen LogP contribution in [0.4, 0.5) is 0 Å². The van der Waals surface area contributed by atoms with E-state index in [1.807, 2.05) is 6.07 Å². The molecule has 0 atom stereocenters. The zero-order valence-corrected chi connectivity index (χ0v) is 12.6. The van der Waals surface area contributed by atoms with Gasteiger partial charge in [0.15, 0.2) is 0 Å². The highest BCUT2D eigenvalue weighted by atomic mass is 32.2. The smallest absolute Gasteiger partial charge is 0.243 e. The van der Waals surface area contributed by atoms with Crippen LogP contribution in [0.5, 0.6) is 0 Å². The summed E-state index contributed by atoms with van der Waals surface area (Å²) in [6, 6.07) is 7.69. The van der Waals surface area contributed by atoms with Gasteiger partial charge in [0.1, 0.15) is 0 Å². The van der Waals surface area contributed by atoms with Gasteiger partial charge >= 0.3 is 0 Å². The number of nitriles is 1. The van der Waals surface area contributed by atoms with E-state index in [2.05, 4.69) is 0 Å². The van der Waals surface area contributed by atoms with Crippen molar-refractivity contribution >= 4 is 15.9 Å². The quantitative estimate of drug-likeness (QED) is 0.824. The number of hydrogen-bond acceptors (Lipinski definition) is 4. The van der Waals surface area contributed by atoms with E-state index in [4.69, 9.17) is 5.26 Å². The third kappa shape index (κ3) is 3.40. The van der Waals surface area contributed by atoms with Crippen molar-refractivity contribution in [3.05, 3.63) is 29.8 Å². The lowest BCUT2D eigenvalue weighted by Crippen LogP contribution is -2.39. The summed E-state index contributed by atoms with van der Waals surface area (Å²) in [5, 5.41) is 8.84. The average molecular weight is 307 g/mol. The number of nitrogens with zero attached hydrogens (tertiary/aromatic N) is 3. The van der Waals surface area contributed by atoms with E-state index in [1.54, 1.807) is 4.90 Å². The Bertz CT molecular complexity index is 673. The van der Waals surface area contributed by atoms with Crippen LogP contribution in [-0.2, 0) is 14.8 Å². The minimum Gasteiger partial charge on any atom is -0.342 e. The van der Waals surface area contributed by atoms with Gasteiger partial charge < -0.3 is 4.90 Å². The number of amides is 1. The Morgan fingerprint density at radius 2 is 2.05 bits per heavy atom. The predicted molar refractivity (Wildman–Crippen MR) is 76.8 cm³/mol. The predicted octanol–water partition coefficient (Wildman–Crippen LogP) is 0.801. The Hall–Kier alpha value is -1.91. The lowest BCUT2D eigenvalue weighted by Gasteiger charge is -2.21. The second kappa shape index (κ2) is 6.24. The third-order valence-electron chi connectivity index (χ3n) is 3.49. The van der Waals surface area contributed by atoms with Crippen LogP contribution >= 0.6 is 0 Å². The van der Waals surface area contributed by atoms with Crippen molar-refractivity contribution in [2.75, 3.05) is 26.7 Å². The molecule has 0 aliphatic carbocycles. The molecule has 0 unspecified atom stereocenters. The number of hydrogen-bond donors (Lipinski definition) is 0. The van der Waals surface area contributed by atoms with E-state index in [0.717, 1.165) is 17.1 Å². The molecule has 2 rings (SSSR count). The van der Waals surface area contributed by atoms with Gasteiger partial charge in [-0.3, -0.25) is 4.79 Å². The highest BCUT2D eigenvalue weighted by Gasteiger charge is 2.26. The summed E-state index contributed by atoms with van der Waals surface area (Å²) in [4.78, 5) is 13.7. The van der Waals surface area contributed by atoms with Crippen LogP contribution in [0.3, 0.4) is 0 Å². The summed E-state index contributed by atoms with van der Waals surface area (Å²) in [6.07, 6.45) is 1.93. The normalized spacial score (nSPS) is 15.2. The minimum atomic E-state index is -3.76. The Labute approximate surface area is 124 Å². The maximum Gasteiger partial charge on any atom is 0.243 e. The largest absolute Gasteiger partial charge is 0.342 e. The number of likely N-dealkylation sites (tertiary alicyclic amines) is 1. The van der Waals surface area contributed by atoms with Gasteiger partial charge in [0.05, 0.1) is 23.1 Å². The maximum atomic E-state index is 12.4. The van der Waals surface area contributed by atoms with Gasteiger partial charge in [-0.1, -0.05) is 6.07 Å². The van der Waals surface area contributed by atoms with Crippen molar-refractivity contribution in [3.63, 3.8) is 0 Å². The summed E-state index contributed by atoms with van der Waals surface area (Å²) in [6.45, 7) is 1.20. The van der Waals surface area contributed by atoms with Crippen molar-refractivity contribution in [3.8, 4) is 6.07 Å². The molecule has 1 saturated heterocycles. The van der Waals surface area contributed by atoms with E-state index < -0.39 is 10.0 Å². The second-order valence-electron chi connectivity index (χ2n) is 4.99. The molecule has 112 valence electrons. The highest BCUT2D eigenvalue weighted by Crippen LogP contribution is 2.16. The van der Waals surface area contributed by atoms with Crippen LogP contribution in [0, 0.1) is 11.3 Å². The number of carbonyl (C=O) groups is 1. The molecule has 1 aromatic carbocycles. The SMILES string of the molecule is CN(CC(=O)N1CCCC1)S(=O)(=O)c1cccc(C#N)c1. The first kappa shape index (κ1) is 15.5. The Morgan fingerprint density at radius 3 is 2.67 bits per heavy atom. The zero-order valence-electron chi connectivity index (χ0n) is 11.8. The summed E-state index contributed by atoms with van der Waals surface area (Å²) >= 11 is 0. The van der Waals surface area contributed by atoms with E-state index in [1.165, 1.54) is 31.3 Å². The number of carbonyl (C=O) groups excluding carboxylic acids is 1. The summed E-state index contributed by atoms with van der Waals surface area (Å²) in [7, 11) is -2.38. The van der Waals surface area contributed by atoms with E-state index in [9.17, 15) is 13.2 Å². The number of likely N-dealkylation sites (N-methyl/N-ethyl adjacent to an activating group) is 1. The molecule has 1 aliphatic rings. The molecule has 7 heteroatoms. The number of sulfonamides is 1. The van der Waals surface area contributed by atoms with Crippen LogP contribution in [0.2, 0.25) is 0 Å². The molecule has 0 bridgehead atoms. The molecule has 1 amide bonds.